The van der Waals surface area contributed by atoms with Crippen molar-refractivity contribution >= 4 is 17.3 Å². The zero-order valence-corrected chi connectivity index (χ0v) is 12.4. The number of aryl methyl sites for hydroxylation is 1. The predicted molar refractivity (Wildman–Crippen MR) is 83.2 cm³/mol. The van der Waals surface area contributed by atoms with Gasteiger partial charge < -0.3 is 15.8 Å². The summed E-state index contributed by atoms with van der Waals surface area (Å²) in [5.41, 5.74) is 9.30. The van der Waals surface area contributed by atoms with Gasteiger partial charge in [0.15, 0.2) is 0 Å². The summed E-state index contributed by atoms with van der Waals surface area (Å²) in [6.07, 6.45) is 1.75. The number of methoxy groups -OCH3 is 1. The van der Waals surface area contributed by atoms with Crippen LogP contribution in [0.4, 0.5) is 11.4 Å². The van der Waals surface area contributed by atoms with Gasteiger partial charge in [-0.25, -0.2) is 4.79 Å². The molecule has 0 amide bonds. The van der Waals surface area contributed by atoms with Crippen LogP contribution in [0.5, 0.6) is 0 Å². The number of nitrogens with one attached hydrogen (secondary N) is 1. The van der Waals surface area contributed by atoms with Gasteiger partial charge in [0.1, 0.15) is 0 Å². The molecule has 1 atom stereocenters. The maximum atomic E-state index is 11.8. The van der Waals surface area contributed by atoms with Crippen LogP contribution in [-0.2, 0) is 4.74 Å². The average Bonchev–Trinajstić information content (AvgIpc) is 2.50. The summed E-state index contributed by atoms with van der Waals surface area (Å²) in [4.78, 5) is 16.1. The van der Waals surface area contributed by atoms with E-state index in [9.17, 15) is 4.79 Å². The molecule has 110 valence electrons. The Morgan fingerprint density at radius 1 is 1.38 bits per heavy atom. The standard InChI is InChI=1S/C16H19N3O2/c1-10-8-12(9-13(15(10)17)16(20)21-3)19-11(2)14-6-4-5-7-18-14/h4-9,11,19H,17H2,1-3H3. The fourth-order valence-corrected chi connectivity index (χ4v) is 2.12. The minimum absolute atomic E-state index is 0.0136. The lowest BCUT2D eigenvalue weighted by atomic mass is 10.1. The Balaban J connectivity index is 2.28. The smallest absolute Gasteiger partial charge is 0.340 e. The number of nitrogen functional groups attached to an aromatic ring is 1. The molecule has 2 rings (SSSR count). The Kier molecular flexibility index (Phi) is 4.42. The van der Waals surface area contributed by atoms with Crippen LogP contribution in [0, 0.1) is 6.92 Å². The van der Waals surface area contributed by atoms with E-state index in [1.807, 2.05) is 38.1 Å². The molecule has 3 N–H and O–H groups in total. The highest BCUT2D eigenvalue weighted by Gasteiger charge is 2.15. The molecule has 0 fully saturated rings. The van der Waals surface area contributed by atoms with Crippen molar-refractivity contribution in [3.05, 3.63) is 53.3 Å². The number of rotatable bonds is 4. The minimum Gasteiger partial charge on any atom is -0.465 e. The molecular formula is C16H19N3O2. The molecule has 0 bridgehead atoms. The van der Waals surface area contributed by atoms with Crippen LogP contribution < -0.4 is 11.1 Å². The number of carbonyl (C=O) groups excluding carboxylic acids is 1. The maximum absolute atomic E-state index is 11.8. The number of aromatic nitrogens is 1. The summed E-state index contributed by atoms with van der Waals surface area (Å²) in [5, 5.41) is 3.32. The third-order valence-corrected chi connectivity index (χ3v) is 3.31. The van der Waals surface area contributed by atoms with Crippen LogP contribution in [0.2, 0.25) is 0 Å². The van der Waals surface area contributed by atoms with Crippen molar-refractivity contribution < 1.29 is 9.53 Å². The van der Waals surface area contributed by atoms with Gasteiger partial charge in [-0.2, -0.15) is 0 Å². The summed E-state index contributed by atoms with van der Waals surface area (Å²) in [5.74, 6) is -0.440. The van der Waals surface area contributed by atoms with Gasteiger partial charge >= 0.3 is 5.97 Å². The molecule has 1 unspecified atom stereocenters. The van der Waals surface area contributed by atoms with Gasteiger partial charge in [0.2, 0.25) is 0 Å². The zero-order valence-electron chi connectivity index (χ0n) is 12.4. The predicted octanol–water partition coefficient (Wildman–Crippen LogP) is 2.93. The number of hydrogen-bond donors (Lipinski definition) is 2. The molecule has 1 heterocycles. The molecular weight excluding hydrogens is 266 g/mol. The Bertz CT molecular complexity index is 641. The summed E-state index contributed by atoms with van der Waals surface area (Å²) in [6.45, 7) is 3.87. The number of esters is 1. The quantitative estimate of drug-likeness (QED) is 0.667. The largest absolute Gasteiger partial charge is 0.465 e. The lowest BCUT2D eigenvalue weighted by Crippen LogP contribution is -2.11. The molecule has 0 aliphatic heterocycles. The number of hydrogen-bond acceptors (Lipinski definition) is 5. The molecule has 5 nitrogen and oxygen atoms in total. The third-order valence-electron chi connectivity index (χ3n) is 3.31. The number of pyridine rings is 1. The lowest BCUT2D eigenvalue weighted by molar-refractivity contribution is 0.0602. The van der Waals surface area contributed by atoms with Crippen LogP contribution in [0.15, 0.2) is 36.5 Å². The molecule has 0 radical (unpaired) electrons. The summed E-state index contributed by atoms with van der Waals surface area (Å²) in [6, 6.07) is 9.38. The van der Waals surface area contributed by atoms with Crippen LogP contribution in [0.1, 0.15) is 34.6 Å². The second-order valence-corrected chi connectivity index (χ2v) is 4.87. The van der Waals surface area contributed by atoms with Crippen molar-refractivity contribution in [2.45, 2.75) is 19.9 Å². The van der Waals surface area contributed by atoms with Crippen molar-refractivity contribution in [1.82, 2.24) is 4.98 Å². The van der Waals surface area contributed by atoms with Gasteiger partial charge in [-0.3, -0.25) is 4.98 Å². The van der Waals surface area contributed by atoms with Gasteiger partial charge in [0, 0.05) is 17.6 Å². The number of benzene rings is 1. The molecule has 1 aromatic heterocycles. The van der Waals surface area contributed by atoms with E-state index in [1.54, 1.807) is 12.3 Å². The first kappa shape index (κ1) is 14.8. The summed E-state index contributed by atoms with van der Waals surface area (Å²) in [7, 11) is 1.34. The van der Waals surface area contributed by atoms with Gasteiger partial charge in [-0.15, -0.1) is 0 Å². The number of ether oxygens (including phenoxy) is 1. The van der Waals surface area contributed by atoms with Gasteiger partial charge in [-0.1, -0.05) is 6.07 Å². The first-order valence-corrected chi connectivity index (χ1v) is 6.69. The van der Waals surface area contributed by atoms with E-state index in [4.69, 9.17) is 10.5 Å². The second-order valence-electron chi connectivity index (χ2n) is 4.87. The molecule has 21 heavy (non-hydrogen) atoms. The number of carbonyl (C=O) groups is 1. The minimum atomic E-state index is -0.440. The van der Waals surface area contributed by atoms with Crippen molar-refractivity contribution in [2.75, 3.05) is 18.2 Å². The second kappa shape index (κ2) is 6.26. The SMILES string of the molecule is COC(=O)c1cc(NC(C)c2ccccn2)cc(C)c1N. The van der Waals surface area contributed by atoms with Crippen LogP contribution >= 0.6 is 0 Å². The number of anilines is 2. The van der Waals surface area contributed by atoms with Crippen molar-refractivity contribution in [2.24, 2.45) is 0 Å². The van der Waals surface area contributed by atoms with Crippen LogP contribution in [0.25, 0.3) is 0 Å². The molecule has 0 aliphatic carbocycles. The molecule has 1 aromatic carbocycles. The Labute approximate surface area is 124 Å². The van der Waals surface area contributed by atoms with E-state index in [1.165, 1.54) is 7.11 Å². The molecule has 2 aromatic rings. The fourth-order valence-electron chi connectivity index (χ4n) is 2.12. The topological polar surface area (TPSA) is 77.2 Å². The first-order chi connectivity index (χ1) is 10.0. The highest BCUT2D eigenvalue weighted by atomic mass is 16.5. The number of nitrogens with two attached hydrogens (primary N) is 1. The number of nitrogens with zero attached hydrogens (tertiary/aromatic N) is 1. The Morgan fingerprint density at radius 2 is 2.14 bits per heavy atom. The summed E-state index contributed by atoms with van der Waals surface area (Å²) < 4.78 is 4.76. The molecule has 5 heteroatoms. The monoisotopic (exact) mass is 285 g/mol. The van der Waals surface area contributed by atoms with E-state index >= 15 is 0 Å². The Hall–Kier alpha value is -2.56. The molecule has 0 aliphatic rings. The fraction of sp³-hybridized carbons (Fsp3) is 0.250. The van der Waals surface area contributed by atoms with Gasteiger partial charge in [-0.05, 0) is 43.7 Å². The van der Waals surface area contributed by atoms with E-state index in [0.717, 1.165) is 16.9 Å². The summed E-state index contributed by atoms with van der Waals surface area (Å²) >= 11 is 0. The van der Waals surface area contributed by atoms with E-state index in [-0.39, 0.29) is 6.04 Å². The van der Waals surface area contributed by atoms with E-state index in [0.29, 0.717) is 11.3 Å². The Morgan fingerprint density at radius 3 is 2.76 bits per heavy atom. The maximum Gasteiger partial charge on any atom is 0.340 e. The highest BCUT2D eigenvalue weighted by Crippen LogP contribution is 2.26. The first-order valence-electron chi connectivity index (χ1n) is 6.69. The van der Waals surface area contributed by atoms with E-state index in [2.05, 4.69) is 10.3 Å². The molecule has 0 spiro atoms. The molecule has 0 saturated heterocycles. The van der Waals surface area contributed by atoms with Crippen molar-refractivity contribution in [3.63, 3.8) is 0 Å². The molecule has 0 saturated carbocycles. The normalized spacial score (nSPS) is 11.8. The van der Waals surface area contributed by atoms with Crippen LogP contribution in [0.3, 0.4) is 0 Å². The zero-order chi connectivity index (χ0) is 15.4. The van der Waals surface area contributed by atoms with Gasteiger partial charge in [0.25, 0.3) is 0 Å². The highest BCUT2D eigenvalue weighted by molar-refractivity contribution is 5.97. The average molecular weight is 285 g/mol. The van der Waals surface area contributed by atoms with Crippen molar-refractivity contribution in [1.29, 1.82) is 0 Å². The van der Waals surface area contributed by atoms with E-state index < -0.39 is 5.97 Å². The third kappa shape index (κ3) is 3.31. The van der Waals surface area contributed by atoms with Crippen molar-refractivity contribution in [3.8, 4) is 0 Å². The van der Waals surface area contributed by atoms with Crippen LogP contribution in [-0.4, -0.2) is 18.1 Å². The van der Waals surface area contributed by atoms with Gasteiger partial charge in [0.05, 0.1) is 24.4 Å². The lowest BCUT2D eigenvalue weighted by Gasteiger charge is -2.17.